The molecule has 2 heterocycles. The van der Waals surface area contributed by atoms with Crippen molar-refractivity contribution in [2.75, 3.05) is 33.5 Å². The van der Waals surface area contributed by atoms with Crippen molar-refractivity contribution in [3.05, 3.63) is 17.7 Å². The predicted octanol–water partition coefficient (Wildman–Crippen LogP) is 1.34. The highest BCUT2D eigenvalue weighted by Gasteiger charge is 2.31. The maximum atomic E-state index is 12.9. The lowest BCUT2D eigenvalue weighted by Gasteiger charge is -2.31. The highest BCUT2D eigenvalue weighted by molar-refractivity contribution is 7.89. The van der Waals surface area contributed by atoms with Crippen LogP contribution in [0.4, 0.5) is 0 Å². The number of nitrogens with zero attached hydrogens (tertiary/aromatic N) is 1. The maximum absolute atomic E-state index is 12.9. The zero-order valence-electron chi connectivity index (χ0n) is 13.0. The average Bonchev–Trinajstić information content (AvgIpc) is 2.94. The number of hydrogen-bond acceptors (Lipinski definition) is 5. The number of nitrogens with one attached hydrogen (secondary N) is 1. The van der Waals surface area contributed by atoms with Gasteiger partial charge in [-0.3, -0.25) is 0 Å². The zero-order chi connectivity index (χ0) is 15.7. The molecule has 3 rings (SSSR count). The quantitative estimate of drug-likeness (QED) is 0.904. The Bertz CT molecular complexity index is 652. The van der Waals surface area contributed by atoms with Gasteiger partial charge in [0.1, 0.15) is 0 Å². The third kappa shape index (κ3) is 2.80. The van der Waals surface area contributed by atoms with E-state index < -0.39 is 10.0 Å². The van der Waals surface area contributed by atoms with Crippen molar-refractivity contribution in [1.82, 2.24) is 9.62 Å². The number of benzene rings is 1. The van der Waals surface area contributed by atoms with Gasteiger partial charge in [0, 0.05) is 19.2 Å². The van der Waals surface area contributed by atoms with Gasteiger partial charge in [0.2, 0.25) is 16.8 Å². The lowest BCUT2D eigenvalue weighted by Crippen LogP contribution is -2.40. The lowest BCUT2D eigenvalue weighted by atomic mass is 9.98. The standard InChI is InChI=1S/C15H22N2O4S/c1-11-7-13-14(21-10-20-13)8-15(11)22(18,19)17-5-3-12(4-6-17)9-16-2/h7-8,12,16H,3-6,9-10H2,1-2H3. The molecule has 0 aromatic heterocycles. The maximum Gasteiger partial charge on any atom is 0.243 e. The zero-order valence-corrected chi connectivity index (χ0v) is 13.8. The number of rotatable bonds is 4. The first-order chi connectivity index (χ1) is 10.5. The summed E-state index contributed by atoms with van der Waals surface area (Å²) in [7, 11) is -1.55. The molecule has 22 heavy (non-hydrogen) atoms. The first kappa shape index (κ1) is 15.6. The number of hydrogen-bond donors (Lipinski definition) is 1. The van der Waals surface area contributed by atoms with Crippen molar-refractivity contribution >= 4 is 10.0 Å². The summed E-state index contributed by atoms with van der Waals surface area (Å²) in [5.74, 6) is 1.67. The van der Waals surface area contributed by atoms with E-state index in [1.54, 1.807) is 23.4 Å². The van der Waals surface area contributed by atoms with Gasteiger partial charge < -0.3 is 14.8 Å². The second kappa shape index (κ2) is 6.06. The second-order valence-electron chi connectivity index (χ2n) is 5.88. The van der Waals surface area contributed by atoms with E-state index in [9.17, 15) is 8.42 Å². The van der Waals surface area contributed by atoms with Crippen LogP contribution in [0.1, 0.15) is 18.4 Å². The summed E-state index contributed by atoms with van der Waals surface area (Å²) < 4.78 is 38.0. The van der Waals surface area contributed by atoms with Gasteiger partial charge in [-0.1, -0.05) is 0 Å². The molecular weight excluding hydrogens is 304 g/mol. The van der Waals surface area contributed by atoms with Crippen LogP contribution in [0.5, 0.6) is 11.5 Å². The molecule has 0 saturated carbocycles. The van der Waals surface area contributed by atoms with E-state index in [-0.39, 0.29) is 6.79 Å². The normalized spacial score (nSPS) is 19.5. The van der Waals surface area contributed by atoms with E-state index in [1.165, 1.54) is 0 Å². The molecule has 1 N–H and O–H groups in total. The Morgan fingerprint density at radius 2 is 1.86 bits per heavy atom. The molecule has 0 aliphatic carbocycles. The molecule has 7 heteroatoms. The van der Waals surface area contributed by atoms with E-state index in [2.05, 4.69) is 5.32 Å². The SMILES string of the molecule is CNCC1CCN(S(=O)(=O)c2cc3c(cc2C)OCO3)CC1. The molecular formula is C15H22N2O4S. The van der Waals surface area contributed by atoms with Crippen LogP contribution in [0.15, 0.2) is 17.0 Å². The Morgan fingerprint density at radius 3 is 2.50 bits per heavy atom. The number of fused-ring (bicyclic) bond motifs is 1. The molecule has 1 aromatic rings. The van der Waals surface area contributed by atoms with Crippen LogP contribution < -0.4 is 14.8 Å². The second-order valence-corrected chi connectivity index (χ2v) is 7.78. The highest BCUT2D eigenvalue weighted by atomic mass is 32.2. The fourth-order valence-electron chi connectivity index (χ4n) is 3.08. The van der Waals surface area contributed by atoms with Crippen molar-refractivity contribution in [2.24, 2.45) is 5.92 Å². The van der Waals surface area contributed by atoms with Gasteiger partial charge in [-0.2, -0.15) is 4.31 Å². The number of ether oxygens (including phenoxy) is 2. The van der Waals surface area contributed by atoms with Gasteiger partial charge in [-0.25, -0.2) is 8.42 Å². The van der Waals surface area contributed by atoms with Crippen LogP contribution in [0, 0.1) is 12.8 Å². The Kier molecular flexibility index (Phi) is 4.29. The molecule has 122 valence electrons. The Balaban J connectivity index is 1.82. The summed E-state index contributed by atoms with van der Waals surface area (Å²) in [6.07, 6.45) is 1.79. The molecule has 0 bridgehead atoms. The van der Waals surface area contributed by atoms with Gasteiger partial charge in [0.05, 0.1) is 4.90 Å². The van der Waals surface area contributed by atoms with E-state index in [1.807, 2.05) is 7.05 Å². The third-order valence-corrected chi connectivity index (χ3v) is 6.39. The minimum Gasteiger partial charge on any atom is -0.454 e. The Morgan fingerprint density at radius 1 is 1.23 bits per heavy atom. The van der Waals surface area contributed by atoms with E-state index in [0.29, 0.717) is 41.0 Å². The third-order valence-electron chi connectivity index (χ3n) is 4.35. The van der Waals surface area contributed by atoms with Crippen molar-refractivity contribution < 1.29 is 17.9 Å². The van der Waals surface area contributed by atoms with Crippen LogP contribution >= 0.6 is 0 Å². The Labute approximate surface area is 131 Å². The number of aryl methyl sites for hydroxylation is 1. The lowest BCUT2D eigenvalue weighted by molar-refractivity contribution is 0.174. The van der Waals surface area contributed by atoms with Crippen LogP contribution in [-0.4, -0.2) is 46.2 Å². The minimum atomic E-state index is -3.48. The molecule has 1 saturated heterocycles. The summed E-state index contributed by atoms with van der Waals surface area (Å²) in [5.41, 5.74) is 0.696. The van der Waals surface area contributed by atoms with Gasteiger partial charge in [0.25, 0.3) is 0 Å². The molecule has 1 fully saturated rings. The number of sulfonamides is 1. The Hall–Kier alpha value is -1.31. The van der Waals surface area contributed by atoms with Gasteiger partial charge in [-0.05, 0) is 50.9 Å². The van der Waals surface area contributed by atoms with E-state index in [0.717, 1.165) is 19.4 Å². The topological polar surface area (TPSA) is 67.9 Å². The summed E-state index contributed by atoms with van der Waals surface area (Å²) in [4.78, 5) is 0.323. The fraction of sp³-hybridized carbons (Fsp3) is 0.600. The molecule has 0 spiro atoms. The van der Waals surface area contributed by atoms with Crippen molar-refractivity contribution in [3.63, 3.8) is 0 Å². The molecule has 0 unspecified atom stereocenters. The van der Waals surface area contributed by atoms with Gasteiger partial charge >= 0.3 is 0 Å². The van der Waals surface area contributed by atoms with Gasteiger partial charge in [0.15, 0.2) is 11.5 Å². The molecule has 2 aliphatic rings. The van der Waals surface area contributed by atoms with Crippen molar-refractivity contribution in [1.29, 1.82) is 0 Å². The van der Waals surface area contributed by atoms with Crippen molar-refractivity contribution in [2.45, 2.75) is 24.7 Å². The molecule has 1 aromatic carbocycles. The number of piperidine rings is 1. The van der Waals surface area contributed by atoms with Crippen molar-refractivity contribution in [3.8, 4) is 11.5 Å². The molecule has 2 aliphatic heterocycles. The van der Waals surface area contributed by atoms with E-state index in [4.69, 9.17) is 9.47 Å². The first-order valence-electron chi connectivity index (χ1n) is 7.57. The molecule has 0 atom stereocenters. The summed E-state index contributed by atoms with van der Waals surface area (Å²) in [5, 5.41) is 3.16. The van der Waals surface area contributed by atoms with Crippen LogP contribution in [0.3, 0.4) is 0 Å². The average molecular weight is 326 g/mol. The molecule has 6 nitrogen and oxygen atoms in total. The van der Waals surface area contributed by atoms with Gasteiger partial charge in [-0.15, -0.1) is 0 Å². The van der Waals surface area contributed by atoms with Crippen LogP contribution in [0.2, 0.25) is 0 Å². The van der Waals surface area contributed by atoms with Crippen LogP contribution in [-0.2, 0) is 10.0 Å². The van der Waals surface area contributed by atoms with Crippen LogP contribution in [0.25, 0.3) is 0 Å². The molecule has 0 radical (unpaired) electrons. The summed E-state index contributed by atoms with van der Waals surface area (Å²) in [6, 6.07) is 3.33. The first-order valence-corrected chi connectivity index (χ1v) is 9.01. The summed E-state index contributed by atoms with van der Waals surface area (Å²) >= 11 is 0. The van der Waals surface area contributed by atoms with E-state index >= 15 is 0 Å². The fourth-order valence-corrected chi connectivity index (χ4v) is 4.78. The molecule has 0 amide bonds. The highest BCUT2D eigenvalue weighted by Crippen LogP contribution is 2.37. The minimum absolute atomic E-state index is 0.147. The smallest absolute Gasteiger partial charge is 0.243 e. The predicted molar refractivity (Wildman–Crippen MR) is 82.7 cm³/mol. The monoisotopic (exact) mass is 326 g/mol. The largest absolute Gasteiger partial charge is 0.454 e. The summed E-state index contributed by atoms with van der Waals surface area (Å²) in [6.45, 7) is 4.03.